The zero-order valence-corrected chi connectivity index (χ0v) is 17.4. The Kier molecular flexibility index (Phi) is 5.37. The number of thiophene rings is 1. The summed E-state index contributed by atoms with van der Waals surface area (Å²) in [7, 11) is 1.55. The van der Waals surface area contributed by atoms with Gasteiger partial charge in [-0.15, -0.1) is 11.3 Å². The molecular weight excluding hydrogens is 404 g/mol. The van der Waals surface area contributed by atoms with Crippen LogP contribution in [0.3, 0.4) is 0 Å². The number of anilines is 1. The highest BCUT2D eigenvalue weighted by molar-refractivity contribution is 7.25. The van der Waals surface area contributed by atoms with Crippen LogP contribution in [0.2, 0.25) is 0 Å². The first-order valence-corrected chi connectivity index (χ1v) is 10.3. The van der Waals surface area contributed by atoms with E-state index in [9.17, 15) is 14.4 Å². The van der Waals surface area contributed by atoms with Gasteiger partial charge in [-0.25, -0.2) is 9.78 Å². The van der Waals surface area contributed by atoms with Crippen LogP contribution in [-0.2, 0) is 17.9 Å². The molecule has 0 aliphatic heterocycles. The van der Waals surface area contributed by atoms with Crippen molar-refractivity contribution in [1.82, 2.24) is 14.1 Å². The van der Waals surface area contributed by atoms with Gasteiger partial charge in [0, 0.05) is 29.9 Å². The molecule has 1 aromatic carbocycles. The number of fused-ring (bicyclic) bond motifs is 3. The van der Waals surface area contributed by atoms with Gasteiger partial charge >= 0.3 is 5.69 Å². The third kappa shape index (κ3) is 3.48. The van der Waals surface area contributed by atoms with Crippen LogP contribution in [0.25, 0.3) is 20.4 Å². The molecule has 3 aromatic heterocycles. The monoisotopic (exact) mass is 424 g/mol. The minimum atomic E-state index is -0.501. The van der Waals surface area contributed by atoms with E-state index in [-0.39, 0.29) is 24.6 Å². The molecule has 9 heteroatoms. The van der Waals surface area contributed by atoms with Crippen LogP contribution in [0, 0.1) is 0 Å². The highest BCUT2D eigenvalue weighted by atomic mass is 32.1. The number of hydrogen-bond donors (Lipinski definition) is 1. The first-order chi connectivity index (χ1) is 14.5. The van der Waals surface area contributed by atoms with E-state index in [0.717, 1.165) is 0 Å². The summed E-state index contributed by atoms with van der Waals surface area (Å²) in [6.45, 7) is 1.95. The Morgan fingerprint density at radius 1 is 1.20 bits per heavy atom. The van der Waals surface area contributed by atoms with Crippen molar-refractivity contribution >= 4 is 43.4 Å². The Morgan fingerprint density at radius 2 is 2.03 bits per heavy atom. The molecule has 0 atom stereocenters. The van der Waals surface area contributed by atoms with Crippen molar-refractivity contribution in [3.05, 3.63) is 63.4 Å². The number of nitrogens with zero attached hydrogens (tertiary/aromatic N) is 3. The van der Waals surface area contributed by atoms with E-state index >= 15 is 0 Å². The molecule has 0 spiro atoms. The van der Waals surface area contributed by atoms with Gasteiger partial charge in [-0.1, -0.05) is 13.0 Å². The van der Waals surface area contributed by atoms with Gasteiger partial charge < -0.3 is 10.1 Å². The van der Waals surface area contributed by atoms with Gasteiger partial charge in [-0.05, 0) is 30.7 Å². The fourth-order valence-electron chi connectivity index (χ4n) is 3.40. The smallest absolute Gasteiger partial charge is 0.332 e. The maximum Gasteiger partial charge on any atom is 0.332 e. The molecule has 0 bridgehead atoms. The van der Waals surface area contributed by atoms with Crippen LogP contribution in [0.5, 0.6) is 5.75 Å². The lowest BCUT2D eigenvalue weighted by Crippen LogP contribution is -2.41. The standard InChI is InChI=1S/C21H20N4O4S/c1-3-10-24-20(27)18-17(15-8-5-9-22-19(15)30-18)25(21(24)28)12-16(26)23-13-6-4-7-14(11-13)29-2/h4-9,11H,3,10,12H2,1-2H3,(H,23,26). The van der Waals surface area contributed by atoms with E-state index in [1.807, 2.05) is 6.92 Å². The SMILES string of the molecule is CCCn1c(=O)c2sc3ncccc3c2n(CC(=O)Nc2cccc(OC)c2)c1=O. The van der Waals surface area contributed by atoms with E-state index in [4.69, 9.17) is 4.74 Å². The molecule has 4 rings (SSSR count). The summed E-state index contributed by atoms with van der Waals surface area (Å²) in [5, 5.41) is 3.47. The van der Waals surface area contributed by atoms with Gasteiger partial charge in [0.25, 0.3) is 5.56 Å². The van der Waals surface area contributed by atoms with E-state index in [0.29, 0.717) is 38.3 Å². The summed E-state index contributed by atoms with van der Waals surface area (Å²) in [5.74, 6) is 0.232. The Morgan fingerprint density at radius 3 is 2.80 bits per heavy atom. The second kappa shape index (κ2) is 8.11. The molecule has 0 aliphatic carbocycles. The second-order valence-corrected chi connectivity index (χ2v) is 7.74. The van der Waals surface area contributed by atoms with Gasteiger partial charge in [-0.2, -0.15) is 0 Å². The fraction of sp³-hybridized carbons (Fsp3) is 0.238. The number of nitrogens with one attached hydrogen (secondary N) is 1. The van der Waals surface area contributed by atoms with Crippen molar-refractivity contribution in [2.45, 2.75) is 26.4 Å². The number of ether oxygens (including phenoxy) is 1. The average Bonchev–Trinajstić information content (AvgIpc) is 3.14. The van der Waals surface area contributed by atoms with E-state index in [1.165, 1.54) is 20.5 Å². The Bertz CT molecular complexity index is 1370. The Labute approximate surface area is 175 Å². The lowest BCUT2D eigenvalue weighted by molar-refractivity contribution is -0.116. The van der Waals surface area contributed by atoms with Gasteiger partial charge in [0.05, 0.1) is 12.6 Å². The third-order valence-corrected chi connectivity index (χ3v) is 5.80. The van der Waals surface area contributed by atoms with Crippen LogP contribution in [0.1, 0.15) is 13.3 Å². The Balaban J connectivity index is 1.83. The van der Waals surface area contributed by atoms with Gasteiger partial charge in [0.15, 0.2) is 0 Å². The molecule has 0 aliphatic rings. The molecule has 8 nitrogen and oxygen atoms in total. The predicted octanol–water partition coefficient (Wildman–Crippen LogP) is 2.83. The maximum absolute atomic E-state index is 13.1. The first kappa shape index (κ1) is 19.8. The quantitative estimate of drug-likeness (QED) is 0.514. The van der Waals surface area contributed by atoms with Crippen molar-refractivity contribution < 1.29 is 9.53 Å². The molecular formula is C21H20N4O4S. The molecule has 0 saturated heterocycles. The van der Waals surface area contributed by atoms with Crippen LogP contribution in [-0.4, -0.2) is 27.1 Å². The van der Waals surface area contributed by atoms with Crippen molar-refractivity contribution in [1.29, 1.82) is 0 Å². The molecule has 4 aromatic rings. The van der Waals surface area contributed by atoms with Crippen molar-refractivity contribution in [2.75, 3.05) is 12.4 Å². The topological polar surface area (TPSA) is 95.2 Å². The molecule has 0 fully saturated rings. The minimum absolute atomic E-state index is 0.225. The third-order valence-electron chi connectivity index (χ3n) is 4.71. The van der Waals surface area contributed by atoms with Gasteiger partial charge in [0.2, 0.25) is 5.91 Å². The minimum Gasteiger partial charge on any atom is -0.497 e. The lowest BCUT2D eigenvalue weighted by Gasteiger charge is -2.12. The van der Waals surface area contributed by atoms with Gasteiger partial charge in [0.1, 0.15) is 21.8 Å². The van der Waals surface area contributed by atoms with Gasteiger partial charge in [-0.3, -0.25) is 18.7 Å². The molecule has 30 heavy (non-hydrogen) atoms. The molecule has 3 heterocycles. The number of amides is 1. The molecule has 1 N–H and O–H groups in total. The van der Waals surface area contributed by atoms with Crippen LogP contribution < -0.4 is 21.3 Å². The van der Waals surface area contributed by atoms with E-state index < -0.39 is 5.69 Å². The number of carbonyl (C=O) groups is 1. The predicted molar refractivity (Wildman–Crippen MR) is 118 cm³/mol. The average molecular weight is 424 g/mol. The molecule has 0 saturated carbocycles. The fourth-order valence-corrected chi connectivity index (χ4v) is 4.49. The van der Waals surface area contributed by atoms with Crippen LogP contribution in [0.4, 0.5) is 5.69 Å². The summed E-state index contributed by atoms with van der Waals surface area (Å²) in [4.78, 5) is 43.8. The highest BCUT2D eigenvalue weighted by Crippen LogP contribution is 2.29. The summed E-state index contributed by atoms with van der Waals surface area (Å²) in [6.07, 6.45) is 2.26. The number of aromatic nitrogens is 3. The highest BCUT2D eigenvalue weighted by Gasteiger charge is 2.20. The van der Waals surface area contributed by atoms with Crippen molar-refractivity contribution in [2.24, 2.45) is 0 Å². The van der Waals surface area contributed by atoms with E-state index in [2.05, 4.69) is 10.3 Å². The first-order valence-electron chi connectivity index (χ1n) is 9.48. The normalized spacial score (nSPS) is 11.1. The van der Waals surface area contributed by atoms with Crippen molar-refractivity contribution in [3.8, 4) is 5.75 Å². The summed E-state index contributed by atoms with van der Waals surface area (Å²) in [5.41, 5.74) is 0.164. The zero-order chi connectivity index (χ0) is 21.3. The van der Waals surface area contributed by atoms with Crippen LogP contribution in [0.15, 0.2) is 52.2 Å². The number of carbonyl (C=O) groups excluding carboxylic acids is 1. The van der Waals surface area contributed by atoms with E-state index in [1.54, 1.807) is 49.7 Å². The molecule has 1 amide bonds. The maximum atomic E-state index is 13.1. The summed E-state index contributed by atoms with van der Waals surface area (Å²) < 4.78 is 8.15. The number of pyridine rings is 1. The second-order valence-electron chi connectivity index (χ2n) is 6.74. The largest absolute Gasteiger partial charge is 0.497 e. The Hall–Kier alpha value is -3.46. The number of methoxy groups -OCH3 is 1. The number of hydrogen-bond acceptors (Lipinski definition) is 6. The summed E-state index contributed by atoms with van der Waals surface area (Å²) >= 11 is 1.23. The molecule has 154 valence electrons. The molecule has 0 radical (unpaired) electrons. The number of rotatable bonds is 6. The molecule has 0 unspecified atom stereocenters. The van der Waals surface area contributed by atoms with Crippen LogP contribution >= 0.6 is 11.3 Å². The number of benzene rings is 1. The van der Waals surface area contributed by atoms with Crippen molar-refractivity contribution in [3.63, 3.8) is 0 Å². The lowest BCUT2D eigenvalue weighted by atomic mass is 10.3. The summed E-state index contributed by atoms with van der Waals surface area (Å²) in [6, 6.07) is 10.5. The zero-order valence-electron chi connectivity index (χ0n) is 16.5.